The smallest absolute Gasteiger partial charge is 0.328 e. The average Bonchev–Trinajstić information content (AvgIpc) is 3.05. The van der Waals surface area contributed by atoms with Gasteiger partial charge in [-0.15, -0.1) is 0 Å². The van der Waals surface area contributed by atoms with Gasteiger partial charge in [-0.25, -0.2) is 4.79 Å². The first kappa shape index (κ1) is 24.1. The van der Waals surface area contributed by atoms with Crippen LogP contribution in [0.2, 0.25) is 0 Å². The standard InChI is InChI=1S/C23H22INO6S/c1-4-30-18-11-16(10-17(24)20(18)31-13-15-8-6-5-7-9-15)12-19-21(26)25(23(28)32-19)14(2)22(27)29-3/h5-12,14H,4,13H2,1-3H3/b19-12+/t14-/m0/s1. The number of carbonyl (C=O) groups excluding carboxylic acids is 3. The van der Waals surface area contributed by atoms with Crippen LogP contribution in [0.25, 0.3) is 6.08 Å². The highest BCUT2D eigenvalue weighted by Crippen LogP contribution is 2.38. The maximum atomic E-state index is 12.8. The van der Waals surface area contributed by atoms with Crippen LogP contribution in [-0.2, 0) is 20.9 Å². The summed E-state index contributed by atoms with van der Waals surface area (Å²) in [5.74, 6) is -0.0264. The number of rotatable bonds is 8. The second-order valence-electron chi connectivity index (χ2n) is 6.79. The summed E-state index contributed by atoms with van der Waals surface area (Å²) >= 11 is 2.94. The van der Waals surface area contributed by atoms with Gasteiger partial charge in [-0.1, -0.05) is 30.3 Å². The number of amides is 2. The van der Waals surface area contributed by atoms with Crippen LogP contribution in [0.1, 0.15) is 25.0 Å². The van der Waals surface area contributed by atoms with E-state index in [1.807, 2.05) is 43.3 Å². The summed E-state index contributed by atoms with van der Waals surface area (Å²) in [6.07, 6.45) is 1.61. The molecular weight excluding hydrogens is 545 g/mol. The summed E-state index contributed by atoms with van der Waals surface area (Å²) in [5, 5.41) is -0.512. The van der Waals surface area contributed by atoms with Crippen LogP contribution in [0, 0.1) is 3.57 Å². The summed E-state index contributed by atoms with van der Waals surface area (Å²) in [6, 6.07) is 12.4. The molecule has 2 amide bonds. The van der Waals surface area contributed by atoms with Crippen molar-refractivity contribution in [1.82, 2.24) is 4.90 Å². The number of hydrogen-bond donors (Lipinski definition) is 0. The van der Waals surface area contributed by atoms with Gasteiger partial charge in [0, 0.05) is 0 Å². The molecule has 0 aliphatic carbocycles. The molecule has 0 saturated carbocycles. The minimum absolute atomic E-state index is 0.224. The zero-order chi connectivity index (χ0) is 23.3. The first-order valence-electron chi connectivity index (χ1n) is 9.83. The SMILES string of the molecule is CCOc1cc(/C=C2/SC(=O)N([C@@H](C)C(=O)OC)C2=O)cc(I)c1OCc1ccccc1. The Morgan fingerprint density at radius 1 is 1.19 bits per heavy atom. The van der Waals surface area contributed by atoms with E-state index in [0.29, 0.717) is 30.3 Å². The molecule has 1 saturated heterocycles. The van der Waals surface area contributed by atoms with Crippen LogP contribution in [0.5, 0.6) is 11.5 Å². The molecule has 0 aromatic heterocycles. The predicted octanol–water partition coefficient (Wildman–Crippen LogP) is 4.87. The van der Waals surface area contributed by atoms with E-state index >= 15 is 0 Å². The van der Waals surface area contributed by atoms with Crippen LogP contribution >= 0.6 is 34.4 Å². The number of methoxy groups -OCH3 is 1. The maximum absolute atomic E-state index is 12.8. The van der Waals surface area contributed by atoms with Crippen LogP contribution < -0.4 is 9.47 Å². The molecule has 1 aliphatic heterocycles. The van der Waals surface area contributed by atoms with Crippen molar-refractivity contribution in [3.8, 4) is 11.5 Å². The topological polar surface area (TPSA) is 82.1 Å². The van der Waals surface area contributed by atoms with Crippen molar-refractivity contribution in [3.05, 3.63) is 62.1 Å². The first-order chi connectivity index (χ1) is 15.3. The lowest BCUT2D eigenvalue weighted by Crippen LogP contribution is -2.42. The van der Waals surface area contributed by atoms with Crippen molar-refractivity contribution >= 4 is 57.5 Å². The van der Waals surface area contributed by atoms with E-state index in [2.05, 4.69) is 27.3 Å². The van der Waals surface area contributed by atoms with Crippen molar-refractivity contribution in [2.75, 3.05) is 13.7 Å². The maximum Gasteiger partial charge on any atom is 0.328 e. The summed E-state index contributed by atoms with van der Waals surface area (Å²) in [5.41, 5.74) is 1.71. The van der Waals surface area contributed by atoms with E-state index in [0.717, 1.165) is 25.8 Å². The number of imide groups is 1. The number of benzene rings is 2. The number of nitrogens with zero attached hydrogens (tertiary/aromatic N) is 1. The molecule has 0 bridgehead atoms. The van der Waals surface area contributed by atoms with Gasteiger partial charge in [0.05, 0.1) is 22.2 Å². The van der Waals surface area contributed by atoms with Gasteiger partial charge < -0.3 is 14.2 Å². The predicted molar refractivity (Wildman–Crippen MR) is 130 cm³/mol. The number of esters is 1. The third kappa shape index (κ3) is 5.44. The molecule has 9 heteroatoms. The summed E-state index contributed by atoms with van der Waals surface area (Å²) in [4.78, 5) is 38.0. The highest BCUT2D eigenvalue weighted by atomic mass is 127. The number of hydrogen-bond acceptors (Lipinski definition) is 7. The van der Waals surface area contributed by atoms with Crippen LogP contribution in [0.4, 0.5) is 4.79 Å². The third-order valence-corrected chi connectivity index (χ3v) is 6.29. The zero-order valence-electron chi connectivity index (χ0n) is 17.8. The number of carbonyl (C=O) groups is 3. The molecule has 1 fully saturated rings. The molecule has 3 rings (SSSR count). The molecule has 2 aromatic rings. The van der Waals surface area contributed by atoms with E-state index in [1.54, 1.807) is 12.1 Å². The highest BCUT2D eigenvalue weighted by molar-refractivity contribution is 14.1. The molecular formula is C23H22INO6S. The Labute approximate surface area is 204 Å². The Morgan fingerprint density at radius 2 is 1.91 bits per heavy atom. The van der Waals surface area contributed by atoms with Crippen LogP contribution in [0.15, 0.2) is 47.4 Å². The molecule has 32 heavy (non-hydrogen) atoms. The normalized spacial score (nSPS) is 15.8. The monoisotopic (exact) mass is 567 g/mol. The van der Waals surface area contributed by atoms with E-state index in [-0.39, 0.29) is 4.91 Å². The molecule has 1 aliphatic rings. The van der Waals surface area contributed by atoms with Gasteiger partial charge in [0.15, 0.2) is 11.5 Å². The molecule has 0 radical (unpaired) electrons. The molecule has 168 valence electrons. The van der Waals surface area contributed by atoms with Crippen molar-refractivity contribution in [3.63, 3.8) is 0 Å². The number of halogens is 1. The molecule has 0 unspecified atom stereocenters. The Morgan fingerprint density at radius 3 is 2.56 bits per heavy atom. The van der Waals surface area contributed by atoms with E-state index in [1.165, 1.54) is 14.0 Å². The zero-order valence-corrected chi connectivity index (χ0v) is 20.8. The molecule has 7 nitrogen and oxygen atoms in total. The molecule has 0 spiro atoms. The fraction of sp³-hybridized carbons (Fsp3) is 0.261. The molecule has 0 N–H and O–H groups in total. The average molecular weight is 567 g/mol. The van der Waals surface area contributed by atoms with Crippen molar-refractivity contribution < 1.29 is 28.6 Å². The van der Waals surface area contributed by atoms with Gasteiger partial charge >= 0.3 is 5.97 Å². The van der Waals surface area contributed by atoms with E-state index in [4.69, 9.17) is 9.47 Å². The lowest BCUT2D eigenvalue weighted by atomic mass is 10.1. The summed E-state index contributed by atoms with van der Waals surface area (Å²) in [6.45, 7) is 4.16. The van der Waals surface area contributed by atoms with Gasteiger partial charge in [0.25, 0.3) is 11.1 Å². The fourth-order valence-corrected chi connectivity index (χ4v) is 4.73. The Bertz CT molecular complexity index is 1060. The summed E-state index contributed by atoms with van der Waals surface area (Å²) in [7, 11) is 1.21. The van der Waals surface area contributed by atoms with Gasteiger partial charge in [0.2, 0.25) is 0 Å². The minimum Gasteiger partial charge on any atom is -0.490 e. The minimum atomic E-state index is -0.994. The van der Waals surface area contributed by atoms with E-state index < -0.39 is 23.2 Å². The first-order valence-corrected chi connectivity index (χ1v) is 11.7. The molecule has 2 aromatic carbocycles. The van der Waals surface area contributed by atoms with Gasteiger partial charge in [-0.2, -0.15) is 0 Å². The lowest BCUT2D eigenvalue weighted by molar-refractivity contribution is -0.148. The Hall–Kier alpha value is -2.53. The third-order valence-electron chi connectivity index (χ3n) is 4.61. The van der Waals surface area contributed by atoms with Gasteiger partial charge in [-0.3, -0.25) is 14.5 Å². The quantitative estimate of drug-likeness (QED) is 0.256. The van der Waals surface area contributed by atoms with Crippen molar-refractivity contribution in [2.45, 2.75) is 26.5 Å². The Kier molecular flexibility index (Phi) is 8.19. The lowest BCUT2D eigenvalue weighted by Gasteiger charge is -2.18. The largest absolute Gasteiger partial charge is 0.490 e. The second-order valence-corrected chi connectivity index (χ2v) is 8.94. The van der Waals surface area contributed by atoms with Crippen LogP contribution in [-0.4, -0.2) is 41.8 Å². The van der Waals surface area contributed by atoms with E-state index in [9.17, 15) is 14.4 Å². The van der Waals surface area contributed by atoms with Gasteiger partial charge in [-0.05, 0) is 77.5 Å². The highest BCUT2D eigenvalue weighted by Gasteiger charge is 2.41. The van der Waals surface area contributed by atoms with Gasteiger partial charge in [0.1, 0.15) is 12.6 Å². The summed E-state index contributed by atoms with van der Waals surface area (Å²) < 4.78 is 17.3. The number of ether oxygens (including phenoxy) is 3. The fourth-order valence-electron chi connectivity index (χ4n) is 3.05. The second kappa shape index (κ2) is 10.9. The number of thioether (sulfide) groups is 1. The molecule has 1 atom stereocenters. The molecule has 1 heterocycles. The van der Waals surface area contributed by atoms with Crippen molar-refractivity contribution in [1.29, 1.82) is 0 Å². The Balaban J connectivity index is 1.87. The van der Waals surface area contributed by atoms with Crippen molar-refractivity contribution in [2.24, 2.45) is 0 Å². The van der Waals surface area contributed by atoms with Crippen LogP contribution in [0.3, 0.4) is 0 Å².